The van der Waals surface area contributed by atoms with Crippen molar-refractivity contribution in [3.8, 4) is 0 Å². The monoisotopic (exact) mass is 429 g/mol. The van der Waals surface area contributed by atoms with Crippen molar-refractivity contribution >= 4 is 29.5 Å². The summed E-state index contributed by atoms with van der Waals surface area (Å²) >= 11 is 1.62. The maximum absolute atomic E-state index is 13.2. The summed E-state index contributed by atoms with van der Waals surface area (Å²) in [5.74, 6) is 0.160. The van der Waals surface area contributed by atoms with Gasteiger partial charge in [0.2, 0.25) is 11.8 Å². The summed E-state index contributed by atoms with van der Waals surface area (Å²) in [5.41, 5.74) is 1.66. The smallest absolute Gasteiger partial charge is 0.256 e. The maximum Gasteiger partial charge on any atom is 0.256 e. The first-order chi connectivity index (χ1) is 14.5. The van der Waals surface area contributed by atoms with E-state index in [9.17, 15) is 14.4 Å². The van der Waals surface area contributed by atoms with Gasteiger partial charge in [0.25, 0.3) is 5.91 Å². The zero-order valence-electron chi connectivity index (χ0n) is 17.7. The first kappa shape index (κ1) is 21.2. The lowest BCUT2D eigenvalue weighted by atomic mass is 9.93. The van der Waals surface area contributed by atoms with Gasteiger partial charge in [-0.2, -0.15) is 0 Å². The van der Waals surface area contributed by atoms with Gasteiger partial charge in [-0.1, -0.05) is 57.7 Å². The second-order valence-electron chi connectivity index (χ2n) is 8.72. The third-order valence-electron chi connectivity index (χ3n) is 6.74. The average Bonchev–Trinajstić information content (AvgIpc) is 3.32. The quantitative estimate of drug-likeness (QED) is 0.728. The van der Waals surface area contributed by atoms with Gasteiger partial charge in [-0.05, 0) is 30.4 Å². The molecule has 2 aliphatic heterocycles. The predicted octanol–water partition coefficient (Wildman–Crippen LogP) is 3.24. The first-order valence-corrected chi connectivity index (χ1v) is 12.2. The lowest BCUT2D eigenvalue weighted by Crippen LogP contribution is -2.56. The third kappa shape index (κ3) is 3.96. The van der Waals surface area contributed by atoms with Gasteiger partial charge in [-0.25, -0.2) is 0 Å². The molecular weight excluding hydrogens is 398 g/mol. The molecule has 2 fully saturated rings. The van der Waals surface area contributed by atoms with Crippen LogP contribution in [0.1, 0.15) is 73.7 Å². The lowest BCUT2D eigenvalue weighted by molar-refractivity contribution is -0.132. The Hall–Kier alpha value is -2.02. The molecule has 162 valence electrons. The van der Waals surface area contributed by atoms with Crippen molar-refractivity contribution in [2.45, 2.75) is 75.9 Å². The van der Waals surface area contributed by atoms with Crippen LogP contribution in [0.25, 0.3) is 0 Å². The molecule has 4 atom stereocenters. The SMILES string of the molecule is CCC(C)[C@H](NC(=O)[C@@H]1CSC2c3ccccc3C(=O)N21)C(=O)NC1CCCCC1. The zero-order chi connectivity index (χ0) is 21.3. The molecule has 6 nitrogen and oxygen atoms in total. The molecule has 1 aromatic rings. The summed E-state index contributed by atoms with van der Waals surface area (Å²) in [7, 11) is 0. The van der Waals surface area contributed by atoms with Crippen LogP contribution in [-0.2, 0) is 9.59 Å². The molecule has 30 heavy (non-hydrogen) atoms. The molecule has 2 N–H and O–H groups in total. The van der Waals surface area contributed by atoms with Gasteiger partial charge in [0.15, 0.2) is 0 Å². The van der Waals surface area contributed by atoms with Gasteiger partial charge in [0.1, 0.15) is 17.5 Å². The summed E-state index contributed by atoms with van der Waals surface area (Å²) < 4.78 is 0. The van der Waals surface area contributed by atoms with Crippen molar-refractivity contribution in [2.75, 3.05) is 5.75 Å². The molecule has 1 aromatic carbocycles. The number of rotatable bonds is 6. The topological polar surface area (TPSA) is 78.5 Å². The second-order valence-corrected chi connectivity index (χ2v) is 9.83. The molecule has 2 unspecified atom stereocenters. The van der Waals surface area contributed by atoms with Gasteiger partial charge >= 0.3 is 0 Å². The molecule has 1 saturated heterocycles. The van der Waals surface area contributed by atoms with E-state index in [1.807, 2.05) is 38.1 Å². The molecule has 3 aliphatic rings. The van der Waals surface area contributed by atoms with E-state index >= 15 is 0 Å². The number of nitrogens with one attached hydrogen (secondary N) is 2. The fraction of sp³-hybridized carbons (Fsp3) is 0.609. The highest BCUT2D eigenvalue weighted by atomic mass is 32.2. The molecule has 1 aliphatic carbocycles. The molecule has 0 bridgehead atoms. The van der Waals surface area contributed by atoms with Gasteiger partial charge < -0.3 is 15.5 Å². The van der Waals surface area contributed by atoms with Crippen LogP contribution in [0.4, 0.5) is 0 Å². The molecule has 3 amide bonds. The van der Waals surface area contributed by atoms with E-state index in [2.05, 4.69) is 10.6 Å². The fourth-order valence-corrected chi connectivity index (χ4v) is 6.20. The molecule has 4 rings (SSSR count). The standard InChI is InChI=1S/C23H31N3O3S/c1-3-14(2)19(21(28)24-15-9-5-4-6-10-15)25-20(27)18-13-30-23-17-12-8-7-11-16(17)22(29)26(18)23/h7-8,11-12,14-15,18-19,23H,3-6,9-10,13H2,1-2H3,(H,24,28)(H,25,27)/t14?,18-,19-,23?/m0/s1. The Bertz CT molecular complexity index is 824. The summed E-state index contributed by atoms with van der Waals surface area (Å²) in [6.45, 7) is 4.02. The Morgan fingerprint density at radius 3 is 2.67 bits per heavy atom. The number of hydrogen-bond donors (Lipinski definition) is 2. The van der Waals surface area contributed by atoms with Crippen molar-refractivity contribution in [1.82, 2.24) is 15.5 Å². The number of carbonyl (C=O) groups excluding carboxylic acids is 3. The van der Waals surface area contributed by atoms with Crippen LogP contribution in [-0.4, -0.2) is 46.5 Å². The highest BCUT2D eigenvalue weighted by Gasteiger charge is 2.48. The van der Waals surface area contributed by atoms with Crippen LogP contribution in [0.2, 0.25) is 0 Å². The van der Waals surface area contributed by atoms with E-state index in [-0.39, 0.29) is 35.1 Å². The first-order valence-electron chi connectivity index (χ1n) is 11.1. The van der Waals surface area contributed by atoms with E-state index in [4.69, 9.17) is 0 Å². The maximum atomic E-state index is 13.2. The third-order valence-corrected chi connectivity index (χ3v) is 8.04. The number of amides is 3. The van der Waals surface area contributed by atoms with E-state index in [0.29, 0.717) is 11.3 Å². The Morgan fingerprint density at radius 2 is 1.93 bits per heavy atom. The fourth-order valence-electron chi connectivity index (χ4n) is 4.73. The summed E-state index contributed by atoms with van der Waals surface area (Å²) in [4.78, 5) is 40.8. The molecule has 0 aromatic heterocycles. The van der Waals surface area contributed by atoms with Crippen molar-refractivity contribution in [1.29, 1.82) is 0 Å². The molecular formula is C23H31N3O3S. The van der Waals surface area contributed by atoms with E-state index in [1.165, 1.54) is 6.42 Å². The van der Waals surface area contributed by atoms with E-state index < -0.39 is 12.1 Å². The number of hydrogen-bond acceptors (Lipinski definition) is 4. The van der Waals surface area contributed by atoms with Crippen molar-refractivity contribution in [3.05, 3.63) is 35.4 Å². The van der Waals surface area contributed by atoms with Crippen molar-refractivity contribution in [2.24, 2.45) is 5.92 Å². The van der Waals surface area contributed by atoms with Gasteiger partial charge in [0, 0.05) is 17.4 Å². The molecule has 0 spiro atoms. The van der Waals surface area contributed by atoms with Crippen molar-refractivity contribution in [3.63, 3.8) is 0 Å². The predicted molar refractivity (Wildman–Crippen MR) is 118 cm³/mol. The molecule has 7 heteroatoms. The second kappa shape index (κ2) is 9.00. The van der Waals surface area contributed by atoms with Crippen molar-refractivity contribution < 1.29 is 14.4 Å². The van der Waals surface area contributed by atoms with Crippen LogP contribution in [0.15, 0.2) is 24.3 Å². The minimum Gasteiger partial charge on any atom is -0.352 e. The Labute approximate surface area is 182 Å². The van der Waals surface area contributed by atoms with E-state index in [1.54, 1.807) is 16.7 Å². The Kier molecular flexibility index (Phi) is 6.37. The van der Waals surface area contributed by atoms with Crippen LogP contribution in [0, 0.1) is 5.92 Å². The number of benzene rings is 1. The minimum atomic E-state index is -0.575. The highest BCUT2D eigenvalue weighted by molar-refractivity contribution is 7.99. The lowest BCUT2D eigenvalue weighted by Gasteiger charge is -2.30. The van der Waals surface area contributed by atoms with Crippen LogP contribution in [0.5, 0.6) is 0 Å². The van der Waals surface area contributed by atoms with Crippen LogP contribution in [0.3, 0.4) is 0 Å². The van der Waals surface area contributed by atoms with Gasteiger partial charge in [-0.15, -0.1) is 11.8 Å². The highest BCUT2D eigenvalue weighted by Crippen LogP contribution is 2.48. The summed E-state index contributed by atoms with van der Waals surface area (Å²) in [5, 5.41) is 6.05. The number of fused-ring (bicyclic) bond motifs is 3. The minimum absolute atomic E-state index is 0.0221. The molecule has 2 heterocycles. The molecule has 1 saturated carbocycles. The van der Waals surface area contributed by atoms with Gasteiger partial charge in [-0.3, -0.25) is 14.4 Å². The number of nitrogens with zero attached hydrogens (tertiary/aromatic N) is 1. The summed E-state index contributed by atoms with van der Waals surface area (Å²) in [6.07, 6.45) is 6.32. The zero-order valence-corrected chi connectivity index (χ0v) is 18.5. The Morgan fingerprint density at radius 1 is 1.20 bits per heavy atom. The normalized spacial score (nSPS) is 25.4. The average molecular weight is 430 g/mol. The van der Waals surface area contributed by atoms with Crippen LogP contribution < -0.4 is 10.6 Å². The largest absolute Gasteiger partial charge is 0.352 e. The number of thioether (sulfide) groups is 1. The van der Waals surface area contributed by atoms with Crippen LogP contribution >= 0.6 is 11.8 Å². The van der Waals surface area contributed by atoms with Gasteiger partial charge in [0.05, 0.1) is 0 Å². The molecule has 0 radical (unpaired) electrons. The Balaban J connectivity index is 1.45. The number of carbonyl (C=O) groups is 3. The van der Waals surface area contributed by atoms with E-state index in [0.717, 1.165) is 37.7 Å². The summed E-state index contributed by atoms with van der Waals surface area (Å²) in [6, 6.07) is 6.65.